The maximum Gasteiger partial charge on any atom is 0.243 e. The SMILES string of the molecule is Cc1ccc(C(NC(=O)C2CCN(S(=O)(=O)c3ccc4c(c3)OCCCO4)CC2)C2CC2)cc1. The average Bonchev–Trinajstić information content (AvgIpc) is 3.70. The standard InChI is InChI=1S/C26H32N2O5S/c1-18-3-5-19(6-4-18)25(20-7-8-20)27-26(29)21-11-13-28(14-12-21)34(30,31)22-9-10-23-24(17-22)33-16-2-15-32-23/h3-6,9-10,17,20-21,25H,2,7-8,11-16H2,1H3,(H,27,29). The molecule has 1 saturated carbocycles. The molecule has 2 aromatic rings. The van der Waals surface area contributed by atoms with Crippen molar-refractivity contribution in [2.45, 2.75) is 50.0 Å². The second-order valence-corrected chi connectivity index (χ2v) is 11.5. The molecular weight excluding hydrogens is 452 g/mol. The maximum atomic E-state index is 13.3. The fraction of sp³-hybridized carbons (Fsp3) is 0.500. The summed E-state index contributed by atoms with van der Waals surface area (Å²) in [7, 11) is -3.66. The lowest BCUT2D eigenvalue weighted by atomic mass is 9.95. The monoisotopic (exact) mass is 484 g/mol. The molecule has 1 unspecified atom stereocenters. The first-order chi connectivity index (χ1) is 16.4. The van der Waals surface area contributed by atoms with Crippen molar-refractivity contribution in [3.05, 3.63) is 53.6 Å². The predicted molar refractivity (Wildman–Crippen MR) is 128 cm³/mol. The molecule has 0 bridgehead atoms. The highest BCUT2D eigenvalue weighted by atomic mass is 32.2. The number of carbonyl (C=O) groups excluding carboxylic acids is 1. The summed E-state index contributed by atoms with van der Waals surface area (Å²) in [6.07, 6.45) is 4.05. The van der Waals surface area contributed by atoms with Gasteiger partial charge in [-0.3, -0.25) is 4.79 Å². The molecule has 5 rings (SSSR count). The van der Waals surface area contributed by atoms with Crippen LogP contribution >= 0.6 is 0 Å². The average molecular weight is 485 g/mol. The van der Waals surface area contributed by atoms with Gasteiger partial charge in [-0.2, -0.15) is 4.31 Å². The normalized spacial score (nSPS) is 20.4. The van der Waals surface area contributed by atoms with Gasteiger partial charge in [0.2, 0.25) is 15.9 Å². The lowest BCUT2D eigenvalue weighted by Crippen LogP contribution is -2.44. The molecule has 2 aliphatic heterocycles. The topological polar surface area (TPSA) is 84.9 Å². The van der Waals surface area contributed by atoms with E-state index in [0.717, 1.165) is 24.8 Å². The minimum Gasteiger partial charge on any atom is -0.490 e. The van der Waals surface area contributed by atoms with Gasteiger partial charge < -0.3 is 14.8 Å². The molecule has 2 aromatic carbocycles. The second-order valence-electron chi connectivity index (χ2n) is 9.57. The molecule has 34 heavy (non-hydrogen) atoms. The van der Waals surface area contributed by atoms with Gasteiger partial charge in [0.1, 0.15) is 0 Å². The number of nitrogens with zero attached hydrogens (tertiary/aromatic N) is 1. The van der Waals surface area contributed by atoms with Crippen molar-refractivity contribution in [3.8, 4) is 11.5 Å². The summed E-state index contributed by atoms with van der Waals surface area (Å²) in [5.41, 5.74) is 2.35. The zero-order chi connectivity index (χ0) is 23.7. The number of sulfonamides is 1. The molecule has 182 valence electrons. The highest BCUT2D eigenvalue weighted by Crippen LogP contribution is 2.41. The minimum atomic E-state index is -3.66. The molecule has 2 heterocycles. The maximum absolute atomic E-state index is 13.3. The molecule has 1 N–H and O–H groups in total. The lowest BCUT2D eigenvalue weighted by Gasteiger charge is -2.31. The molecule has 1 atom stereocenters. The van der Waals surface area contributed by atoms with Crippen LogP contribution in [0.1, 0.15) is 49.3 Å². The third-order valence-electron chi connectivity index (χ3n) is 7.01. The number of piperidine rings is 1. The number of rotatable bonds is 6. The Morgan fingerprint density at radius 2 is 1.65 bits per heavy atom. The summed E-state index contributed by atoms with van der Waals surface area (Å²) in [5.74, 6) is 1.39. The van der Waals surface area contributed by atoms with Crippen molar-refractivity contribution in [1.82, 2.24) is 9.62 Å². The summed E-state index contributed by atoms with van der Waals surface area (Å²) in [4.78, 5) is 13.3. The van der Waals surface area contributed by atoms with Gasteiger partial charge in [-0.05, 0) is 56.2 Å². The van der Waals surface area contributed by atoms with Crippen LogP contribution in [-0.4, -0.2) is 44.9 Å². The van der Waals surface area contributed by atoms with E-state index in [9.17, 15) is 13.2 Å². The second kappa shape index (κ2) is 9.58. The molecule has 3 aliphatic rings. The Morgan fingerprint density at radius 3 is 2.32 bits per heavy atom. The molecule has 0 aromatic heterocycles. The van der Waals surface area contributed by atoms with Crippen LogP contribution in [0.25, 0.3) is 0 Å². The van der Waals surface area contributed by atoms with Crippen LogP contribution in [0.5, 0.6) is 11.5 Å². The van der Waals surface area contributed by atoms with E-state index in [1.807, 2.05) is 0 Å². The summed E-state index contributed by atoms with van der Waals surface area (Å²) in [6.45, 7) is 3.77. The first-order valence-corrected chi connectivity index (χ1v) is 13.6. The molecule has 1 saturated heterocycles. The van der Waals surface area contributed by atoms with Crippen molar-refractivity contribution >= 4 is 15.9 Å². The van der Waals surface area contributed by atoms with Crippen LogP contribution < -0.4 is 14.8 Å². The van der Waals surface area contributed by atoms with E-state index >= 15 is 0 Å². The molecule has 8 heteroatoms. The van der Waals surface area contributed by atoms with E-state index in [0.29, 0.717) is 56.6 Å². The molecular formula is C26H32N2O5S. The zero-order valence-electron chi connectivity index (χ0n) is 19.5. The van der Waals surface area contributed by atoms with E-state index in [1.165, 1.54) is 9.87 Å². The fourth-order valence-corrected chi connectivity index (χ4v) is 6.24. The number of carbonyl (C=O) groups is 1. The fourth-order valence-electron chi connectivity index (χ4n) is 4.76. The zero-order valence-corrected chi connectivity index (χ0v) is 20.4. The highest BCUT2D eigenvalue weighted by Gasteiger charge is 2.37. The number of amides is 1. The first kappa shape index (κ1) is 23.2. The van der Waals surface area contributed by atoms with E-state index in [1.54, 1.807) is 18.2 Å². The van der Waals surface area contributed by atoms with Crippen molar-refractivity contribution in [3.63, 3.8) is 0 Å². The van der Waals surface area contributed by atoms with Crippen molar-refractivity contribution < 1.29 is 22.7 Å². The predicted octanol–water partition coefficient (Wildman–Crippen LogP) is 3.82. The summed E-state index contributed by atoms with van der Waals surface area (Å²) < 4.78 is 39.3. The van der Waals surface area contributed by atoms with Gasteiger partial charge in [-0.25, -0.2) is 8.42 Å². The van der Waals surface area contributed by atoms with Gasteiger partial charge in [0.15, 0.2) is 11.5 Å². The highest BCUT2D eigenvalue weighted by molar-refractivity contribution is 7.89. The smallest absolute Gasteiger partial charge is 0.243 e. The Balaban J connectivity index is 1.22. The van der Waals surface area contributed by atoms with Gasteiger partial charge >= 0.3 is 0 Å². The van der Waals surface area contributed by atoms with E-state index in [4.69, 9.17) is 9.47 Å². The Hall–Kier alpha value is -2.58. The van der Waals surface area contributed by atoms with Crippen molar-refractivity contribution in [2.75, 3.05) is 26.3 Å². The van der Waals surface area contributed by atoms with E-state index < -0.39 is 10.0 Å². The van der Waals surface area contributed by atoms with Crippen LogP contribution in [0.3, 0.4) is 0 Å². The molecule has 2 fully saturated rings. The molecule has 7 nitrogen and oxygen atoms in total. The Kier molecular flexibility index (Phi) is 6.53. The number of hydrogen-bond acceptors (Lipinski definition) is 5. The van der Waals surface area contributed by atoms with Gasteiger partial charge in [-0.1, -0.05) is 29.8 Å². The Labute approximate surface area is 201 Å². The molecule has 1 aliphatic carbocycles. The van der Waals surface area contributed by atoms with Crippen LogP contribution in [0.15, 0.2) is 47.4 Å². The van der Waals surface area contributed by atoms with Crippen molar-refractivity contribution in [2.24, 2.45) is 11.8 Å². The van der Waals surface area contributed by atoms with Gasteiger partial charge in [0, 0.05) is 31.5 Å². The van der Waals surface area contributed by atoms with Crippen molar-refractivity contribution in [1.29, 1.82) is 0 Å². The molecule has 1 amide bonds. The lowest BCUT2D eigenvalue weighted by molar-refractivity contribution is -0.127. The number of aryl methyl sites for hydroxylation is 1. The van der Waals surface area contributed by atoms with Crippen LogP contribution in [0.2, 0.25) is 0 Å². The summed E-state index contributed by atoms with van der Waals surface area (Å²) in [6, 6.07) is 13.2. The molecule has 0 spiro atoms. The molecule has 0 radical (unpaired) electrons. The van der Waals surface area contributed by atoms with Crippen LogP contribution in [0.4, 0.5) is 0 Å². The first-order valence-electron chi connectivity index (χ1n) is 12.2. The van der Waals surface area contributed by atoms with E-state index in [-0.39, 0.29) is 22.8 Å². The van der Waals surface area contributed by atoms with Crippen LogP contribution in [-0.2, 0) is 14.8 Å². The Bertz CT molecular complexity index is 1140. The minimum absolute atomic E-state index is 0.0325. The number of benzene rings is 2. The number of nitrogens with one attached hydrogen (secondary N) is 1. The third kappa shape index (κ3) is 4.93. The van der Waals surface area contributed by atoms with Gasteiger partial charge in [-0.15, -0.1) is 0 Å². The summed E-state index contributed by atoms with van der Waals surface area (Å²) >= 11 is 0. The summed E-state index contributed by atoms with van der Waals surface area (Å²) in [5, 5.41) is 3.27. The van der Waals surface area contributed by atoms with E-state index in [2.05, 4.69) is 36.5 Å². The number of hydrogen-bond donors (Lipinski definition) is 1. The Morgan fingerprint density at radius 1 is 0.971 bits per heavy atom. The number of ether oxygens (including phenoxy) is 2. The number of fused-ring (bicyclic) bond motifs is 1. The largest absolute Gasteiger partial charge is 0.490 e. The quantitative estimate of drug-likeness (QED) is 0.674. The van der Waals surface area contributed by atoms with Gasteiger partial charge in [0.25, 0.3) is 0 Å². The third-order valence-corrected chi connectivity index (χ3v) is 8.90. The van der Waals surface area contributed by atoms with Crippen LogP contribution in [0, 0.1) is 18.8 Å². The van der Waals surface area contributed by atoms with Gasteiger partial charge in [0.05, 0.1) is 24.2 Å².